The van der Waals surface area contributed by atoms with Gasteiger partial charge in [0.1, 0.15) is 0 Å². The van der Waals surface area contributed by atoms with E-state index < -0.39 is 0 Å². The highest BCUT2D eigenvalue weighted by Gasteiger charge is 2.23. The Morgan fingerprint density at radius 2 is 2.26 bits per heavy atom. The van der Waals surface area contributed by atoms with E-state index in [1.165, 1.54) is 32.2 Å². The number of carbonyl (C=O) groups excluding carboxylic acids is 1. The molecule has 0 aromatic heterocycles. The van der Waals surface area contributed by atoms with Crippen LogP contribution in [0.5, 0.6) is 0 Å². The Kier molecular flexibility index (Phi) is 6.11. The Morgan fingerprint density at radius 3 is 3.00 bits per heavy atom. The van der Waals surface area contributed by atoms with E-state index in [1.807, 2.05) is 0 Å². The second-order valence-corrected chi connectivity index (χ2v) is 5.98. The molecule has 4 heteroatoms. The fourth-order valence-corrected chi connectivity index (χ4v) is 3.37. The van der Waals surface area contributed by atoms with E-state index >= 15 is 0 Å². The molecule has 0 radical (unpaired) electrons. The van der Waals surface area contributed by atoms with Crippen LogP contribution in [0.1, 0.15) is 45.4 Å². The summed E-state index contributed by atoms with van der Waals surface area (Å²) in [6.45, 7) is 7.60. The van der Waals surface area contributed by atoms with Crippen LogP contribution in [0.15, 0.2) is 0 Å². The van der Waals surface area contributed by atoms with Gasteiger partial charge in [0.2, 0.25) is 5.91 Å². The van der Waals surface area contributed by atoms with Gasteiger partial charge in [-0.2, -0.15) is 0 Å². The average molecular weight is 267 g/mol. The number of hydrogen-bond acceptors (Lipinski definition) is 3. The van der Waals surface area contributed by atoms with Gasteiger partial charge in [-0.1, -0.05) is 6.92 Å². The molecule has 2 N–H and O–H groups in total. The summed E-state index contributed by atoms with van der Waals surface area (Å²) in [5.41, 5.74) is 0. The van der Waals surface area contributed by atoms with E-state index in [-0.39, 0.29) is 5.91 Å². The minimum Gasteiger partial charge on any atom is -0.355 e. The molecule has 0 aromatic rings. The maximum atomic E-state index is 11.9. The lowest BCUT2D eigenvalue weighted by atomic mass is 9.94. The Morgan fingerprint density at radius 1 is 1.37 bits per heavy atom. The quantitative estimate of drug-likeness (QED) is 0.764. The smallest absolute Gasteiger partial charge is 0.220 e. The summed E-state index contributed by atoms with van der Waals surface area (Å²) in [6, 6.07) is 0.574. The van der Waals surface area contributed by atoms with Gasteiger partial charge in [0.15, 0.2) is 0 Å². The fraction of sp³-hybridized carbons (Fsp3) is 0.933. The predicted octanol–water partition coefficient (Wildman–Crippen LogP) is 1.37. The monoisotopic (exact) mass is 267 g/mol. The highest BCUT2D eigenvalue weighted by molar-refractivity contribution is 5.75. The first-order chi connectivity index (χ1) is 9.29. The topological polar surface area (TPSA) is 44.4 Å². The van der Waals surface area contributed by atoms with Crippen molar-refractivity contribution in [2.45, 2.75) is 51.5 Å². The molecule has 2 atom stereocenters. The molecule has 4 nitrogen and oxygen atoms in total. The van der Waals surface area contributed by atoms with E-state index in [0.29, 0.717) is 18.4 Å². The minimum atomic E-state index is 0.244. The van der Waals surface area contributed by atoms with E-state index in [2.05, 4.69) is 22.5 Å². The number of carbonyl (C=O) groups is 1. The lowest BCUT2D eigenvalue weighted by Gasteiger charge is -2.24. The molecule has 110 valence electrons. The van der Waals surface area contributed by atoms with E-state index in [1.54, 1.807) is 0 Å². The van der Waals surface area contributed by atoms with Crippen molar-refractivity contribution < 1.29 is 4.79 Å². The molecule has 2 unspecified atom stereocenters. The largest absolute Gasteiger partial charge is 0.355 e. The molecule has 0 saturated carbocycles. The molecule has 2 aliphatic heterocycles. The average Bonchev–Trinajstić information content (AvgIpc) is 2.91. The number of nitrogens with one attached hydrogen (secondary N) is 2. The summed E-state index contributed by atoms with van der Waals surface area (Å²) in [5.74, 6) is 0.951. The zero-order chi connectivity index (χ0) is 13.5. The van der Waals surface area contributed by atoms with E-state index in [0.717, 1.165) is 32.6 Å². The SMILES string of the molecule is CCN1CCCC1CNC(=O)CCC1CCCNC1. The third kappa shape index (κ3) is 4.77. The molecule has 0 bridgehead atoms. The lowest BCUT2D eigenvalue weighted by molar-refractivity contribution is -0.121. The maximum Gasteiger partial charge on any atom is 0.220 e. The number of likely N-dealkylation sites (N-methyl/N-ethyl adjacent to an activating group) is 1. The van der Waals surface area contributed by atoms with Crippen LogP contribution in [-0.4, -0.2) is 49.6 Å². The summed E-state index contributed by atoms with van der Waals surface area (Å²) in [5, 5.41) is 6.54. The van der Waals surface area contributed by atoms with Crippen LogP contribution in [-0.2, 0) is 4.79 Å². The Hall–Kier alpha value is -0.610. The molecule has 2 heterocycles. The molecule has 0 aliphatic carbocycles. The van der Waals surface area contributed by atoms with Crippen molar-refractivity contribution in [2.75, 3.05) is 32.7 Å². The van der Waals surface area contributed by atoms with Gasteiger partial charge in [-0.3, -0.25) is 9.69 Å². The van der Waals surface area contributed by atoms with Crippen molar-refractivity contribution in [2.24, 2.45) is 5.92 Å². The zero-order valence-corrected chi connectivity index (χ0v) is 12.3. The summed E-state index contributed by atoms with van der Waals surface area (Å²) in [6.07, 6.45) is 6.81. The van der Waals surface area contributed by atoms with Gasteiger partial charge in [0.25, 0.3) is 0 Å². The van der Waals surface area contributed by atoms with Gasteiger partial charge in [0, 0.05) is 19.0 Å². The molecule has 1 amide bonds. The second-order valence-electron chi connectivity index (χ2n) is 5.98. The first kappa shape index (κ1) is 14.8. The van der Waals surface area contributed by atoms with Gasteiger partial charge in [-0.15, -0.1) is 0 Å². The molecular weight excluding hydrogens is 238 g/mol. The summed E-state index contributed by atoms with van der Waals surface area (Å²) >= 11 is 0. The second kappa shape index (κ2) is 7.85. The maximum absolute atomic E-state index is 11.9. The normalized spacial score (nSPS) is 28.5. The van der Waals surface area contributed by atoms with Crippen molar-refractivity contribution in [3.8, 4) is 0 Å². The third-order valence-corrected chi connectivity index (χ3v) is 4.62. The summed E-state index contributed by atoms with van der Waals surface area (Å²) in [4.78, 5) is 14.4. The van der Waals surface area contributed by atoms with Gasteiger partial charge >= 0.3 is 0 Å². The van der Waals surface area contributed by atoms with E-state index in [9.17, 15) is 4.79 Å². The van der Waals surface area contributed by atoms with Crippen molar-refractivity contribution in [3.05, 3.63) is 0 Å². The first-order valence-electron chi connectivity index (χ1n) is 8.01. The van der Waals surface area contributed by atoms with Gasteiger partial charge in [0.05, 0.1) is 0 Å². The van der Waals surface area contributed by atoms with Crippen molar-refractivity contribution in [1.29, 1.82) is 0 Å². The van der Waals surface area contributed by atoms with E-state index in [4.69, 9.17) is 0 Å². The van der Waals surface area contributed by atoms with Crippen LogP contribution >= 0.6 is 0 Å². The van der Waals surface area contributed by atoms with Crippen LogP contribution in [0.3, 0.4) is 0 Å². The highest BCUT2D eigenvalue weighted by atomic mass is 16.1. The molecule has 0 spiro atoms. The van der Waals surface area contributed by atoms with Crippen molar-refractivity contribution in [3.63, 3.8) is 0 Å². The zero-order valence-electron chi connectivity index (χ0n) is 12.3. The number of rotatable bonds is 6. The first-order valence-corrected chi connectivity index (χ1v) is 8.01. The number of piperidine rings is 1. The Labute approximate surface area is 117 Å². The highest BCUT2D eigenvalue weighted by Crippen LogP contribution is 2.17. The third-order valence-electron chi connectivity index (χ3n) is 4.62. The predicted molar refractivity (Wildman–Crippen MR) is 78.1 cm³/mol. The van der Waals surface area contributed by atoms with Gasteiger partial charge < -0.3 is 10.6 Å². The fourth-order valence-electron chi connectivity index (χ4n) is 3.37. The van der Waals surface area contributed by atoms with Gasteiger partial charge in [-0.25, -0.2) is 0 Å². The molecule has 2 saturated heterocycles. The molecule has 2 aliphatic rings. The molecule has 0 aromatic carbocycles. The molecule has 19 heavy (non-hydrogen) atoms. The van der Waals surface area contributed by atoms with Crippen LogP contribution in [0.2, 0.25) is 0 Å². The Bertz CT molecular complexity index is 277. The Balaban J connectivity index is 1.58. The number of nitrogens with zero attached hydrogens (tertiary/aromatic N) is 1. The molecular formula is C15H29N3O. The van der Waals surface area contributed by atoms with Crippen LogP contribution in [0.4, 0.5) is 0 Å². The van der Waals surface area contributed by atoms with Crippen molar-refractivity contribution >= 4 is 5.91 Å². The molecule has 2 rings (SSSR count). The lowest BCUT2D eigenvalue weighted by Crippen LogP contribution is -2.40. The van der Waals surface area contributed by atoms with Gasteiger partial charge in [-0.05, 0) is 64.2 Å². The van der Waals surface area contributed by atoms with Crippen LogP contribution in [0.25, 0.3) is 0 Å². The number of hydrogen-bond donors (Lipinski definition) is 2. The number of amides is 1. The minimum absolute atomic E-state index is 0.244. The van der Waals surface area contributed by atoms with Crippen LogP contribution < -0.4 is 10.6 Å². The summed E-state index contributed by atoms with van der Waals surface area (Å²) < 4.78 is 0. The van der Waals surface area contributed by atoms with Crippen LogP contribution in [0, 0.1) is 5.92 Å². The number of likely N-dealkylation sites (tertiary alicyclic amines) is 1. The van der Waals surface area contributed by atoms with Crippen molar-refractivity contribution in [1.82, 2.24) is 15.5 Å². The molecule has 2 fully saturated rings. The standard InChI is InChI=1S/C15H29N3O/c1-2-18-10-4-6-14(18)12-17-15(19)8-7-13-5-3-9-16-11-13/h13-14,16H,2-12H2,1H3,(H,17,19). The summed E-state index contributed by atoms with van der Waals surface area (Å²) in [7, 11) is 0.